The Kier molecular flexibility index (Phi) is 3.74. The number of hydrogen-bond acceptors (Lipinski definition) is 4. The van der Waals surface area contributed by atoms with Gasteiger partial charge < -0.3 is 11.1 Å². The summed E-state index contributed by atoms with van der Waals surface area (Å²) in [6.07, 6.45) is 4.40. The number of hydrogen-bond donors (Lipinski definition) is 3. The fourth-order valence-electron chi connectivity index (χ4n) is 2.01. The van der Waals surface area contributed by atoms with Gasteiger partial charge in [0.1, 0.15) is 11.5 Å². The molecule has 0 aliphatic heterocycles. The van der Waals surface area contributed by atoms with Crippen molar-refractivity contribution in [3.05, 3.63) is 20.8 Å². The summed E-state index contributed by atoms with van der Waals surface area (Å²) in [6.45, 7) is 3.19. The molecule has 0 amide bonds. The van der Waals surface area contributed by atoms with Gasteiger partial charge in [0, 0.05) is 13.1 Å². The highest BCUT2D eigenvalue weighted by Gasteiger charge is 2.20. The van der Waals surface area contributed by atoms with Crippen molar-refractivity contribution >= 4 is 11.5 Å². The Morgan fingerprint density at radius 3 is 2.78 bits per heavy atom. The molecule has 1 fully saturated rings. The maximum absolute atomic E-state index is 11.7. The third-order valence-corrected chi connectivity index (χ3v) is 3.24. The highest BCUT2D eigenvalue weighted by molar-refractivity contribution is 5.60. The van der Waals surface area contributed by atoms with Gasteiger partial charge in [-0.1, -0.05) is 19.8 Å². The van der Waals surface area contributed by atoms with Crippen molar-refractivity contribution < 1.29 is 0 Å². The number of rotatable bonds is 6. The van der Waals surface area contributed by atoms with E-state index >= 15 is 0 Å². The molecule has 6 heteroatoms. The van der Waals surface area contributed by atoms with Gasteiger partial charge in [0.15, 0.2) is 0 Å². The predicted molar refractivity (Wildman–Crippen MR) is 71.9 cm³/mol. The van der Waals surface area contributed by atoms with E-state index in [0.29, 0.717) is 12.2 Å². The van der Waals surface area contributed by atoms with E-state index in [1.165, 1.54) is 17.4 Å². The second kappa shape index (κ2) is 5.29. The number of nitrogens with zero attached hydrogens (tertiary/aromatic N) is 1. The van der Waals surface area contributed by atoms with Gasteiger partial charge in [0.05, 0.1) is 0 Å². The Morgan fingerprint density at radius 2 is 2.17 bits per heavy atom. The molecule has 2 rings (SSSR count). The van der Waals surface area contributed by atoms with Crippen LogP contribution in [0.3, 0.4) is 0 Å². The minimum absolute atomic E-state index is 0.237. The molecule has 1 aliphatic carbocycles. The zero-order valence-electron chi connectivity index (χ0n) is 10.7. The maximum Gasteiger partial charge on any atom is 0.330 e. The van der Waals surface area contributed by atoms with E-state index in [4.69, 9.17) is 5.73 Å². The van der Waals surface area contributed by atoms with Gasteiger partial charge in [-0.2, -0.15) is 0 Å². The van der Waals surface area contributed by atoms with Crippen molar-refractivity contribution in [2.24, 2.45) is 5.92 Å². The van der Waals surface area contributed by atoms with Gasteiger partial charge in [0.25, 0.3) is 5.56 Å². The number of aromatic nitrogens is 2. The van der Waals surface area contributed by atoms with Crippen LogP contribution in [0.15, 0.2) is 9.59 Å². The Bertz CT molecular complexity index is 528. The van der Waals surface area contributed by atoms with Crippen molar-refractivity contribution in [1.82, 2.24) is 9.55 Å². The first kappa shape index (κ1) is 12.7. The lowest BCUT2D eigenvalue weighted by Crippen LogP contribution is -2.34. The van der Waals surface area contributed by atoms with Gasteiger partial charge in [-0.05, 0) is 18.8 Å². The molecule has 6 nitrogen and oxygen atoms in total. The highest BCUT2D eigenvalue weighted by Crippen LogP contribution is 2.32. The Labute approximate surface area is 105 Å². The lowest BCUT2D eigenvalue weighted by Gasteiger charge is -2.13. The molecule has 1 saturated carbocycles. The van der Waals surface area contributed by atoms with Crippen molar-refractivity contribution in [3.63, 3.8) is 0 Å². The average Bonchev–Trinajstić information content (AvgIpc) is 3.12. The van der Waals surface area contributed by atoms with E-state index in [1.807, 2.05) is 6.92 Å². The van der Waals surface area contributed by atoms with Crippen LogP contribution in [0.2, 0.25) is 0 Å². The topological polar surface area (TPSA) is 92.9 Å². The summed E-state index contributed by atoms with van der Waals surface area (Å²) in [4.78, 5) is 25.6. The molecule has 0 spiro atoms. The van der Waals surface area contributed by atoms with Crippen LogP contribution >= 0.6 is 0 Å². The molecule has 4 N–H and O–H groups in total. The summed E-state index contributed by atoms with van der Waals surface area (Å²) in [5.74, 6) is 1.03. The van der Waals surface area contributed by atoms with Crippen molar-refractivity contribution in [3.8, 4) is 0 Å². The third kappa shape index (κ3) is 2.75. The lowest BCUT2D eigenvalue weighted by molar-refractivity contribution is 0.641. The smallest absolute Gasteiger partial charge is 0.330 e. The number of nitrogens with two attached hydrogens (primary N) is 1. The van der Waals surface area contributed by atoms with Crippen LogP contribution in [0.4, 0.5) is 11.5 Å². The standard InChI is InChI=1S/C12H20N4O2/c1-2-7-16-10(13)9(11(17)15-12(16)18)14-6-5-8-3-4-8/h8,14H,2-7,13H2,1H3,(H,15,17,18). The van der Waals surface area contributed by atoms with Crippen molar-refractivity contribution in [1.29, 1.82) is 0 Å². The van der Waals surface area contributed by atoms with Crippen molar-refractivity contribution in [2.45, 2.75) is 39.2 Å². The maximum atomic E-state index is 11.7. The number of H-pyrrole nitrogens is 1. The fraction of sp³-hybridized carbons (Fsp3) is 0.667. The quantitative estimate of drug-likeness (QED) is 0.696. The third-order valence-electron chi connectivity index (χ3n) is 3.24. The van der Waals surface area contributed by atoms with Crippen LogP contribution < -0.4 is 22.3 Å². The number of nitrogen functional groups attached to an aromatic ring is 1. The fourth-order valence-corrected chi connectivity index (χ4v) is 2.01. The summed E-state index contributed by atoms with van der Waals surface area (Å²) in [7, 11) is 0. The van der Waals surface area contributed by atoms with E-state index in [1.54, 1.807) is 0 Å². The molecule has 1 aliphatic rings. The molecule has 1 aromatic rings. The SMILES string of the molecule is CCCn1c(N)c(NCCC2CC2)c(=O)[nH]c1=O. The first-order valence-corrected chi connectivity index (χ1v) is 6.50. The summed E-state index contributed by atoms with van der Waals surface area (Å²) >= 11 is 0. The molecule has 0 bridgehead atoms. The summed E-state index contributed by atoms with van der Waals surface area (Å²) in [5, 5.41) is 3.05. The van der Waals surface area contributed by atoms with Gasteiger partial charge >= 0.3 is 5.69 Å². The molecule has 18 heavy (non-hydrogen) atoms. The Hall–Kier alpha value is -1.72. The zero-order valence-corrected chi connectivity index (χ0v) is 10.7. The van der Waals surface area contributed by atoms with Crippen LogP contribution in [-0.2, 0) is 6.54 Å². The van der Waals surface area contributed by atoms with E-state index in [2.05, 4.69) is 10.3 Å². The first-order chi connectivity index (χ1) is 8.63. The number of anilines is 2. The van der Waals surface area contributed by atoms with Crippen LogP contribution in [0.1, 0.15) is 32.6 Å². The van der Waals surface area contributed by atoms with Crippen LogP contribution in [-0.4, -0.2) is 16.1 Å². The Balaban J connectivity index is 2.18. The van der Waals surface area contributed by atoms with Crippen LogP contribution in [0.25, 0.3) is 0 Å². The molecule has 0 radical (unpaired) electrons. The van der Waals surface area contributed by atoms with Gasteiger partial charge in [-0.3, -0.25) is 14.3 Å². The molecule has 0 atom stereocenters. The van der Waals surface area contributed by atoms with Crippen molar-refractivity contribution in [2.75, 3.05) is 17.6 Å². The van der Waals surface area contributed by atoms with E-state index < -0.39 is 11.2 Å². The summed E-state index contributed by atoms with van der Waals surface area (Å²) < 4.78 is 1.40. The molecule has 100 valence electrons. The molecule has 0 saturated heterocycles. The van der Waals surface area contributed by atoms with Crippen LogP contribution in [0.5, 0.6) is 0 Å². The second-order valence-electron chi connectivity index (χ2n) is 4.83. The minimum Gasteiger partial charge on any atom is -0.383 e. The highest BCUT2D eigenvalue weighted by atomic mass is 16.2. The van der Waals surface area contributed by atoms with E-state index in [9.17, 15) is 9.59 Å². The minimum atomic E-state index is -0.438. The Morgan fingerprint density at radius 1 is 1.44 bits per heavy atom. The summed E-state index contributed by atoms with van der Waals surface area (Å²) in [6, 6.07) is 0. The largest absolute Gasteiger partial charge is 0.383 e. The van der Waals surface area contributed by atoms with Gasteiger partial charge in [-0.25, -0.2) is 4.79 Å². The predicted octanol–water partition coefficient (Wildman–Crippen LogP) is 0.741. The molecule has 1 heterocycles. The zero-order chi connectivity index (χ0) is 13.1. The number of nitrogens with one attached hydrogen (secondary N) is 2. The van der Waals surface area contributed by atoms with Crippen LogP contribution in [0, 0.1) is 5.92 Å². The first-order valence-electron chi connectivity index (χ1n) is 6.50. The molecule has 1 aromatic heterocycles. The average molecular weight is 252 g/mol. The van der Waals surface area contributed by atoms with E-state index in [-0.39, 0.29) is 5.82 Å². The molecule has 0 unspecified atom stereocenters. The normalized spacial score (nSPS) is 14.7. The molecule has 0 aromatic carbocycles. The second-order valence-corrected chi connectivity index (χ2v) is 4.83. The lowest BCUT2D eigenvalue weighted by atomic mass is 10.3. The van der Waals surface area contributed by atoms with Gasteiger partial charge in [0.2, 0.25) is 0 Å². The van der Waals surface area contributed by atoms with Gasteiger partial charge in [-0.15, -0.1) is 0 Å². The molecular formula is C12H20N4O2. The molecular weight excluding hydrogens is 232 g/mol. The summed E-state index contributed by atoms with van der Waals surface area (Å²) in [5.41, 5.74) is 5.34. The van der Waals surface area contributed by atoms with E-state index in [0.717, 1.165) is 25.3 Å². The monoisotopic (exact) mass is 252 g/mol. The number of aromatic amines is 1.